The molecule has 0 aliphatic heterocycles. The zero-order chi connectivity index (χ0) is 9.10. The van der Waals surface area contributed by atoms with Crippen LogP contribution in [-0.4, -0.2) is 15.0 Å². The molecular weight excluding hydrogens is 204 g/mol. The van der Waals surface area contributed by atoms with Gasteiger partial charge in [0.1, 0.15) is 10.8 Å². The molecule has 2 aromatic heterocycles. The van der Waals surface area contributed by atoms with Crippen molar-refractivity contribution in [3.63, 3.8) is 0 Å². The van der Waals surface area contributed by atoms with Crippen LogP contribution in [-0.2, 0) is 0 Å². The van der Waals surface area contributed by atoms with Gasteiger partial charge in [-0.3, -0.25) is 0 Å². The van der Waals surface area contributed by atoms with Gasteiger partial charge in [-0.2, -0.15) is 0 Å². The standard InChI is InChI=1S/C7H6N4S2/c8-5-3-11-6(4-10-5)13-7-9-1-2-12-7/h1-4H,(H2,8,10). The molecule has 0 fully saturated rings. The first-order valence-corrected chi connectivity index (χ1v) is 5.19. The molecule has 2 rings (SSSR count). The maximum atomic E-state index is 5.40. The van der Waals surface area contributed by atoms with Gasteiger partial charge in [0.05, 0.1) is 12.4 Å². The van der Waals surface area contributed by atoms with Crippen LogP contribution in [0.25, 0.3) is 0 Å². The van der Waals surface area contributed by atoms with Crippen LogP contribution in [0.5, 0.6) is 0 Å². The number of rotatable bonds is 2. The normalized spacial score (nSPS) is 10.2. The van der Waals surface area contributed by atoms with E-state index < -0.39 is 0 Å². The molecule has 0 atom stereocenters. The Kier molecular flexibility index (Phi) is 2.42. The van der Waals surface area contributed by atoms with Crippen LogP contribution in [0.4, 0.5) is 5.82 Å². The van der Waals surface area contributed by atoms with E-state index >= 15 is 0 Å². The summed E-state index contributed by atoms with van der Waals surface area (Å²) in [5.41, 5.74) is 5.40. The van der Waals surface area contributed by atoms with Gasteiger partial charge in [-0.15, -0.1) is 11.3 Å². The van der Waals surface area contributed by atoms with Crippen molar-refractivity contribution >= 4 is 28.9 Å². The van der Waals surface area contributed by atoms with Gasteiger partial charge in [0.2, 0.25) is 0 Å². The summed E-state index contributed by atoms with van der Waals surface area (Å²) >= 11 is 3.06. The number of nitrogens with zero attached hydrogens (tertiary/aromatic N) is 3. The predicted molar refractivity (Wildman–Crippen MR) is 52.7 cm³/mol. The van der Waals surface area contributed by atoms with Gasteiger partial charge < -0.3 is 5.73 Å². The lowest BCUT2D eigenvalue weighted by atomic mass is 10.7. The Morgan fingerprint density at radius 1 is 1.23 bits per heavy atom. The van der Waals surface area contributed by atoms with E-state index in [2.05, 4.69) is 15.0 Å². The number of nitrogens with two attached hydrogens (primary N) is 1. The SMILES string of the molecule is Nc1cnc(Sc2nccs2)cn1. The molecule has 66 valence electrons. The molecule has 0 spiro atoms. The molecule has 0 bridgehead atoms. The van der Waals surface area contributed by atoms with Gasteiger partial charge >= 0.3 is 0 Å². The summed E-state index contributed by atoms with van der Waals surface area (Å²) in [6, 6.07) is 0. The quantitative estimate of drug-likeness (QED) is 0.816. The van der Waals surface area contributed by atoms with E-state index in [1.165, 1.54) is 18.0 Å². The van der Waals surface area contributed by atoms with Crippen LogP contribution >= 0.6 is 23.1 Å². The lowest BCUT2D eigenvalue weighted by Gasteiger charge is -1.95. The number of nitrogen functional groups attached to an aromatic ring is 1. The average molecular weight is 210 g/mol. The number of thiazole rings is 1. The van der Waals surface area contributed by atoms with Crippen molar-refractivity contribution in [2.75, 3.05) is 5.73 Å². The maximum Gasteiger partial charge on any atom is 0.156 e. The second kappa shape index (κ2) is 3.71. The molecule has 0 saturated carbocycles. The first kappa shape index (κ1) is 8.46. The summed E-state index contributed by atoms with van der Waals surface area (Å²) in [7, 11) is 0. The fraction of sp³-hybridized carbons (Fsp3) is 0. The average Bonchev–Trinajstić information content (AvgIpc) is 2.62. The summed E-state index contributed by atoms with van der Waals surface area (Å²) in [4.78, 5) is 12.1. The second-order valence-corrected chi connectivity index (χ2v) is 4.34. The van der Waals surface area contributed by atoms with Gasteiger partial charge in [-0.05, 0) is 11.8 Å². The number of hydrogen-bond donors (Lipinski definition) is 1. The Morgan fingerprint density at radius 3 is 2.77 bits per heavy atom. The third kappa shape index (κ3) is 2.16. The van der Waals surface area contributed by atoms with E-state index in [9.17, 15) is 0 Å². The molecule has 0 amide bonds. The van der Waals surface area contributed by atoms with Gasteiger partial charge in [-0.25, -0.2) is 15.0 Å². The first-order valence-electron chi connectivity index (χ1n) is 3.49. The molecule has 2 N–H and O–H groups in total. The highest BCUT2D eigenvalue weighted by molar-refractivity contribution is 8.00. The summed E-state index contributed by atoms with van der Waals surface area (Å²) in [6.07, 6.45) is 4.94. The summed E-state index contributed by atoms with van der Waals surface area (Å²) < 4.78 is 0.957. The highest BCUT2D eigenvalue weighted by atomic mass is 32.2. The Hall–Kier alpha value is -1.14. The minimum atomic E-state index is 0.434. The molecule has 2 heterocycles. The zero-order valence-corrected chi connectivity index (χ0v) is 8.18. The van der Waals surface area contributed by atoms with E-state index in [0.717, 1.165) is 9.37 Å². The Morgan fingerprint density at radius 2 is 2.15 bits per heavy atom. The maximum absolute atomic E-state index is 5.40. The summed E-state index contributed by atoms with van der Waals surface area (Å²) in [5.74, 6) is 0.434. The minimum Gasteiger partial charge on any atom is -0.382 e. The van der Waals surface area contributed by atoms with Crippen LogP contribution < -0.4 is 5.73 Å². The lowest BCUT2D eigenvalue weighted by Crippen LogP contribution is -1.90. The van der Waals surface area contributed by atoms with Gasteiger partial charge in [0.15, 0.2) is 4.34 Å². The largest absolute Gasteiger partial charge is 0.382 e. The molecule has 0 unspecified atom stereocenters. The topological polar surface area (TPSA) is 64.7 Å². The molecule has 0 radical (unpaired) electrons. The lowest BCUT2D eigenvalue weighted by molar-refractivity contribution is 1.06. The van der Waals surface area contributed by atoms with Crippen molar-refractivity contribution in [3.8, 4) is 0 Å². The van der Waals surface area contributed by atoms with E-state index in [1.54, 1.807) is 23.7 Å². The number of aromatic nitrogens is 3. The molecule has 0 aromatic carbocycles. The van der Waals surface area contributed by atoms with Crippen molar-refractivity contribution in [1.29, 1.82) is 0 Å². The predicted octanol–water partition coefficient (Wildman–Crippen LogP) is 1.67. The van der Waals surface area contributed by atoms with E-state index in [0.29, 0.717) is 5.82 Å². The van der Waals surface area contributed by atoms with Crippen molar-refractivity contribution in [1.82, 2.24) is 15.0 Å². The van der Waals surface area contributed by atoms with Crippen LogP contribution in [0.3, 0.4) is 0 Å². The van der Waals surface area contributed by atoms with E-state index in [1.807, 2.05) is 5.38 Å². The number of hydrogen-bond acceptors (Lipinski definition) is 6. The molecule has 6 heteroatoms. The minimum absolute atomic E-state index is 0.434. The van der Waals surface area contributed by atoms with Crippen LogP contribution in [0.15, 0.2) is 33.3 Å². The molecule has 0 saturated heterocycles. The Bertz CT molecular complexity index is 370. The molecule has 0 aliphatic carbocycles. The smallest absolute Gasteiger partial charge is 0.156 e. The van der Waals surface area contributed by atoms with Crippen molar-refractivity contribution in [2.24, 2.45) is 0 Å². The van der Waals surface area contributed by atoms with Crippen molar-refractivity contribution in [3.05, 3.63) is 24.0 Å². The first-order chi connectivity index (χ1) is 6.34. The summed E-state index contributed by atoms with van der Waals surface area (Å²) in [6.45, 7) is 0. The fourth-order valence-corrected chi connectivity index (χ4v) is 2.21. The third-order valence-corrected chi connectivity index (χ3v) is 3.05. The highest BCUT2D eigenvalue weighted by Crippen LogP contribution is 2.26. The molecule has 0 aliphatic rings. The van der Waals surface area contributed by atoms with Crippen molar-refractivity contribution in [2.45, 2.75) is 9.37 Å². The van der Waals surface area contributed by atoms with Crippen LogP contribution in [0, 0.1) is 0 Å². The van der Waals surface area contributed by atoms with E-state index in [-0.39, 0.29) is 0 Å². The third-order valence-electron chi connectivity index (χ3n) is 1.25. The molecule has 2 aromatic rings. The number of anilines is 1. The zero-order valence-electron chi connectivity index (χ0n) is 6.54. The molecule has 4 nitrogen and oxygen atoms in total. The molecule has 13 heavy (non-hydrogen) atoms. The van der Waals surface area contributed by atoms with Gasteiger partial charge in [0.25, 0.3) is 0 Å². The summed E-state index contributed by atoms with van der Waals surface area (Å²) in [5, 5.41) is 2.73. The Labute approximate surface area is 83.3 Å². The molecular formula is C7H6N4S2. The second-order valence-electron chi connectivity index (χ2n) is 2.18. The van der Waals surface area contributed by atoms with Crippen molar-refractivity contribution < 1.29 is 0 Å². The fourth-order valence-electron chi connectivity index (χ4n) is 0.729. The van der Waals surface area contributed by atoms with Crippen LogP contribution in [0.2, 0.25) is 0 Å². The van der Waals surface area contributed by atoms with Gasteiger partial charge in [-0.1, -0.05) is 0 Å². The monoisotopic (exact) mass is 210 g/mol. The highest BCUT2D eigenvalue weighted by Gasteiger charge is 2.00. The Balaban J connectivity index is 2.15. The van der Waals surface area contributed by atoms with Gasteiger partial charge in [0, 0.05) is 11.6 Å². The van der Waals surface area contributed by atoms with E-state index in [4.69, 9.17) is 5.73 Å². The van der Waals surface area contributed by atoms with Crippen LogP contribution in [0.1, 0.15) is 0 Å².